The SMILES string of the molecule is CN1CCN(NC=[N+](C)C)CC1. The number of hydrazine groups is 1. The van der Waals surface area contributed by atoms with Gasteiger partial charge >= 0.3 is 0 Å². The quantitative estimate of drug-likeness (QED) is 0.328. The van der Waals surface area contributed by atoms with Gasteiger partial charge in [-0.1, -0.05) is 0 Å². The number of likely N-dealkylation sites (N-methyl/N-ethyl adjacent to an activating group) is 1. The van der Waals surface area contributed by atoms with Crippen LogP contribution in [0.1, 0.15) is 0 Å². The van der Waals surface area contributed by atoms with E-state index < -0.39 is 0 Å². The minimum atomic E-state index is 1.10. The van der Waals surface area contributed by atoms with Gasteiger partial charge in [-0.2, -0.15) is 0 Å². The molecule has 0 aromatic heterocycles. The standard InChI is InChI=1S/C8H18N4/c1-10(2)8-9-12-6-4-11(3)5-7-12/h8H,4-7H2,1-3H3/p+1. The summed E-state index contributed by atoms with van der Waals surface area (Å²) in [5, 5.41) is 2.24. The summed E-state index contributed by atoms with van der Waals surface area (Å²) >= 11 is 0. The van der Waals surface area contributed by atoms with E-state index >= 15 is 0 Å². The van der Waals surface area contributed by atoms with Gasteiger partial charge in [-0.3, -0.25) is 4.58 Å². The molecule has 1 rings (SSSR count). The molecule has 0 atom stereocenters. The second-order valence-corrected chi connectivity index (χ2v) is 3.51. The number of nitrogens with one attached hydrogen (secondary N) is 1. The minimum Gasteiger partial charge on any atom is -0.304 e. The Kier molecular flexibility index (Phi) is 3.49. The van der Waals surface area contributed by atoms with Gasteiger partial charge in [0, 0.05) is 13.1 Å². The largest absolute Gasteiger partial charge is 0.304 e. The lowest BCUT2D eigenvalue weighted by Crippen LogP contribution is -2.50. The molecule has 0 aromatic rings. The molecule has 0 unspecified atom stereocenters. The van der Waals surface area contributed by atoms with Gasteiger partial charge in [-0.05, 0) is 7.05 Å². The molecule has 1 aliphatic rings. The molecule has 4 heteroatoms. The van der Waals surface area contributed by atoms with E-state index in [2.05, 4.69) is 22.4 Å². The number of nitrogens with zero attached hydrogens (tertiary/aromatic N) is 3. The zero-order valence-corrected chi connectivity index (χ0v) is 8.25. The lowest BCUT2D eigenvalue weighted by atomic mass is 10.4. The Morgan fingerprint density at radius 3 is 2.25 bits per heavy atom. The van der Waals surface area contributed by atoms with E-state index in [4.69, 9.17) is 0 Å². The van der Waals surface area contributed by atoms with Gasteiger partial charge in [0.1, 0.15) is 0 Å². The Balaban J connectivity index is 2.22. The molecule has 0 aliphatic carbocycles. The Hall–Kier alpha value is -0.610. The third kappa shape index (κ3) is 3.19. The smallest absolute Gasteiger partial charge is 0.250 e. The summed E-state index contributed by atoms with van der Waals surface area (Å²) in [5.74, 6) is 0. The first-order valence-corrected chi connectivity index (χ1v) is 4.38. The average molecular weight is 171 g/mol. The van der Waals surface area contributed by atoms with Crippen molar-refractivity contribution in [2.75, 3.05) is 47.3 Å². The first kappa shape index (κ1) is 9.48. The fourth-order valence-corrected chi connectivity index (χ4v) is 1.13. The fourth-order valence-electron chi connectivity index (χ4n) is 1.13. The summed E-state index contributed by atoms with van der Waals surface area (Å²) in [7, 11) is 6.19. The summed E-state index contributed by atoms with van der Waals surface area (Å²) in [4.78, 5) is 2.34. The van der Waals surface area contributed by atoms with Gasteiger partial charge in [-0.25, -0.2) is 5.43 Å². The predicted octanol–water partition coefficient (Wildman–Crippen LogP) is -0.961. The normalized spacial score (nSPS) is 20.6. The van der Waals surface area contributed by atoms with Crippen molar-refractivity contribution in [1.82, 2.24) is 15.3 Å². The van der Waals surface area contributed by atoms with Gasteiger partial charge in [0.25, 0.3) is 0 Å². The molecule has 1 saturated heterocycles. The molecule has 0 spiro atoms. The molecule has 0 aromatic carbocycles. The van der Waals surface area contributed by atoms with E-state index in [1.165, 1.54) is 0 Å². The van der Waals surface area contributed by atoms with Crippen molar-refractivity contribution in [3.63, 3.8) is 0 Å². The third-order valence-corrected chi connectivity index (χ3v) is 2.00. The van der Waals surface area contributed by atoms with Crippen molar-refractivity contribution in [2.24, 2.45) is 0 Å². The molecular weight excluding hydrogens is 152 g/mol. The highest BCUT2D eigenvalue weighted by Crippen LogP contribution is 1.93. The van der Waals surface area contributed by atoms with Crippen LogP contribution in [0.25, 0.3) is 0 Å². The van der Waals surface area contributed by atoms with Crippen molar-refractivity contribution in [3.05, 3.63) is 0 Å². The van der Waals surface area contributed by atoms with Crippen molar-refractivity contribution in [2.45, 2.75) is 0 Å². The number of hydrogen-bond donors (Lipinski definition) is 1. The molecule has 70 valence electrons. The van der Waals surface area contributed by atoms with E-state index in [-0.39, 0.29) is 0 Å². The van der Waals surface area contributed by atoms with E-state index in [0.717, 1.165) is 26.2 Å². The van der Waals surface area contributed by atoms with E-state index in [9.17, 15) is 0 Å². The van der Waals surface area contributed by atoms with Crippen LogP contribution in [0.4, 0.5) is 0 Å². The maximum atomic E-state index is 3.25. The zero-order valence-electron chi connectivity index (χ0n) is 8.25. The molecule has 1 N–H and O–H groups in total. The molecule has 4 nitrogen and oxygen atoms in total. The average Bonchev–Trinajstić information content (AvgIpc) is 2.03. The van der Waals surface area contributed by atoms with Crippen LogP contribution in [0.5, 0.6) is 0 Å². The van der Waals surface area contributed by atoms with Crippen LogP contribution in [-0.4, -0.2) is 68.1 Å². The molecule has 0 saturated carbocycles. The second-order valence-electron chi connectivity index (χ2n) is 3.51. The first-order chi connectivity index (χ1) is 5.68. The summed E-state index contributed by atoms with van der Waals surface area (Å²) in [5.41, 5.74) is 3.25. The van der Waals surface area contributed by atoms with Crippen LogP contribution in [0.2, 0.25) is 0 Å². The lowest BCUT2D eigenvalue weighted by molar-refractivity contribution is -0.462. The third-order valence-electron chi connectivity index (χ3n) is 2.00. The molecule has 1 aliphatic heterocycles. The highest BCUT2D eigenvalue weighted by Gasteiger charge is 2.14. The maximum absolute atomic E-state index is 3.25. The monoisotopic (exact) mass is 171 g/mol. The molecule has 1 fully saturated rings. The second kappa shape index (κ2) is 4.42. The van der Waals surface area contributed by atoms with Crippen molar-refractivity contribution in [1.29, 1.82) is 0 Å². The van der Waals surface area contributed by atoms with Crippen LogP contribution < -0.4 is 5.43 Å². The van der Waals surface area contributed by atoms with Gasteiger partial charge in [0.15, 0.2) is 0 Å². The Morgan fingerprint density at radius 2 is 1.75 bits per heavy atom. The van der Waals surface area contributed by atoms with Crippen molar-refractivity contribution >= 4 is 6.34 Å². The zero-order chi connectivity index (χ0) is 8.97. The van der Waals surface area contributed by atoms with E-state index in [1.54, 1.807) is 0 Å². The van der Waals surface area contributed by atoms with Crippen LogP contribution in [-0.2, 0) is 0 Å². The highest BCUT2D eigenvalue weighted by atomic mass is 15.5. The molecule has 0 amide bonds. The van der Waals surface area contributed by atoms with Crippen molar-refractivity contribution < 1.29 is 4.58 Å². The Morgan fingerprint density at radius 1 is 1.17 bits per heavy atom. The fraction of sp³-hybridized carbons (Fsp3) is 0.875. The lowest BCUT2D eigenvalue weighted by Gasteiger charge is -2.28. The number of piperazine rings is 1. The van der Waals surface area contributed by atoms with E-state index in [0.29, 0.717) is 0 Å². The minimum absolute atomic E-state index is 1.10. The van der Waals surface area contributed by atoms with Crippen LogP contribution in [0.3, 0.4) is 0 Å². The molecule has 1 heterocycles. The topological polar surface area (TPSA) is 21.5 Å². The number of hydrogen-bond acceptors (Lipinski definition) is 2. The highest BCUT2D eigenvalue weighted by molar-refractivity contribution is 5.46. The van der Waals surface area contributed by atoms with E-state index in [1.807, 2.05) is 25.0 Å². The summed E-state index contributed by atoms with van der Waals surface area (Å²) in [6.07, 6.45) is 1.98. The van der Waals surface area contributed by atoms with Crippen LogP contribution in [0, 0.1) is 0 Å². The summed E-state index contributed by atoms with van der Waals surface area (Å²) in [6.45, 7) is 4.49. The number of rotatable bonds is 2. The van der Waals surface area contributed by atoms with Gasteiger partial charge in [0.05, 0.1) is 27.2 Å². The molecule has 0 bridgehead atoms. The van der Waals surface area contributed by atoms with Crippen molar-refractivity contribution in [3.8, 4) is 0 Å². The predicted molar refractivity (Wildman–Crippen MR) is 50.4 cm³/mol. The van der Waals surface area contributed by atoms with Crippen LogP contribution in [0.15, 0.2) is 0 Å². The molecule has 0 radical (unpaired) electrons. The summed E-state index contributed by atoms with van der Waals surface area (Å²) in [6, 6.07) is 0. The Labute approximate surface area is 74.4 Å². The van der Waals surface area contributed by atoms with Gasteiger partial charge in [-0.15, -0.1) is 5.01 Å². The molecular formula is C8H19N4+. The molecule has 12 heavy (non-hydrogen) atoms. The Bertz CT molecular complexity index is 154. The summed E-state index contributed by atoms with van der Waals surface area (Å²) < 4.78 is 2.01. The van der Waals surface area contributed by atoms with Gasteiger partial charge < -0.3 is 4.90 Å². The van der Waals surface area contributed by atoms with Gasteiger partial charge in [0.2, 0.25) is 6.34 Å². The van der Waals surface area contributed by atoms with Crippen LogP contribution >= 0.6 is 0 Å². The first-order valence-electron chi connectivity index (χ1n) is 4.38. The maximum Gasteiger partial charge on any atom is 0.250 e.